The lowest BCUT2D eigenvalue weighted by atomic mass is 9.99. The number of allylic oxidation sites excluding steroid dienone is 1. The Morgan fingerprint density at radius 2 is 1.90 bits per heavy atom. The first-order chi connectivity index (χ1) is 9.70. The van der Waals surface area contributed by atoms with E-state index in [0.29, 0.717) is 12.0 Å². The van der Waals surface area contributed by atoms with Crippen molar-refractivity contribution >= 4 is 5.78 Å². The third kappa shape index (κ3) is 3.46. The lowest BCUT2D eigenvalue weighted by Gasteiger charge is -2.03. The third-order valence-corrected chi connectivity index (χ3v) is 2.92. The minimum Gasteiger partial charge on any atom is -0.294 e. The molecule has 2 rings (SSSR count). The second-order valence-electron chi connectivity index (χ2n) is 4.58. The molecule has 0 unspecified atom stereocenters. The van der Waals surface area contributed by atoms with Gasteiger partial charge in [-0.25, -0.2) is 0 Å². The van der Waals surface area contributed by atoms with Crippen LogP contribution in [0, 0.1) is 18.8 Å². The van der Waals surface area contributed by atoms with Gasteiger partial charge in [0.2, 0.25) is 0 Å². The van der Waals surface area contributed by atoms with Crippen molar-refractivity contribution in [3.05, 3.63) is 83.4 Å². The van der Waals surface area contributed by atoms with Crippen LogP contribution < -0.4 is 0 Å². The summed E-state index contributed by atoms with van der Waals surface area (Å²) in [4.78, 5) is 12.1. The number of carbonyl (C=O) groups is 1. The van der Waals surface area contributed by atoms with E-state index in [1.807, 2.05) is 55.5 Å². The van der Waals surface area contributed by atoms with Gasteiger partial charge in [-0.1, -0.05) is 47.7 Å². The minimum atomic E-state index is 0.0565. The van der Waals surface area contributed by atoms with Crippen molar-refractivity contribution in [3.8, 4) is 11.8 Å². The standard InChI is InChI=1S/C19H16O/c1-3-7-19(20)18-14-15(2)10-12-17(18)13-11-16-8-5-4-6-9-16/h3-6,8-10,12,14H,1,7H2,2H3. The average molecular weight is 260 g/mol. The third-order valence-electron chi connectivity index (χ3n) is 2.92. The summed E-state index contributed by atoms with van der Waals surface area (Å²) in [5.41, 5.74) is 3.44. The van der Waals surface area contributed by atoms with E-state index < -0.39 is 0 Å². The van der Waals surface area contributed by atoms with Crippen LogP contribution >= 0.6 is 0 Å². The number of benzene rings is 2. The van der Waals surface area contributed by atoms with E-state index in [1.54, 1.807) is 6.08 Å². The van der Waals surface area contributed by atoms with E-state index in [4.69, 9.17) is 0 Å². The fourth-order valence-corrected chi connectivity index (χ4v) is 1.90. The lowest BCUT2D eigenvalue weighted by Crippen LogP contribution is -2.01. The van der Waals surface area contributed by atoms with E-state index in [1.165, 1.54) is 0 Å². The van der Waals surface area contributed by atoms with Crippen molar-refractivity contribution in [2.45, 2.75) is 13.3 Å². The number of hydrogen-bond donors (Lipinski definition) is 0. The van der Waals surface area contributed by atoms with Gasteiger partial charge in [-0.15, -0.1) is 6.58 Å². The van der Waals surface area contributed by atoms with E-state index in [9.17, 15) is 4.79 Å². The summed E-state index contributed by atoms with van der Waals surface area (Å²) >= 11 is 0. The number of aryl methyl sites for hydroxylation is 1. The Kier molecular flexibility index (Phi) is 4.52. The maximum absolute atomic E-state index is 12.1. The van der Waals surface area contributed by atoms with E-state index in [2.05, 4.69) is 18.4 Å². The Hall–Kier alpha value is -2.59. The van der Waals surface area contributed by atoms with Gasteiger partial charge in [0.05, 0.1) is 0 Å². The van der Waals surface area contributed by atoms with Gasteiger partial charge in [-0.3, -0.25) is 4.79 Å². The van der Waals surface area contributed by atoms with E-state index >= 15 is 0 Å². The first kappa shape index (κ1) is 13.8. The zero-order chi connectivity index (χ0) is 14.4. The lowest BCUT2D eigenvalue weighted by molar-refractivity contribution is 0.0995. The maximum atomic E-state index is 12.1. The highest BCUT2D eigenvalue weighted by Crippen LogP contribution is 2.13. The van der Waals surface area contributed by atoms with Gasteiger partial charge in [0, 0.05) is 23.1 Å². The summed E-state index contributed by atoms with van der Waals surface area (Å²) in [6.45, 7) is 5.59. The monoisotopic (exact) mass is 260 g/mol. The van der Waals surface area contributed by atoms with Crippen molar-refractivity contribution < 1.29 is 4.79 Å². The molecule has 0 heterocycles. The molecule has 0 aliphatic rings. The molecule has 0 radical (unpaired) electrons. The van der Waals surface area contributed by atoms with Crippen molar-refractivity contribution in [2.75, 3.05) is 0 Å². The number of rotatable bonds is 3. The fourth-order valence-electron chi connectivity index (χ4n) is 1.90. The molecule has 0 saturated heterocycles. The SMILES string of the molecule is C=CCC(=O)c1cc(C)ccc1C#Cc1ccccc1. The highest BCUT2D eigenvalue weighted by Gasteiger charge is 2.08. The summed E-state index contributed by atoms with van der Waals surface area (Å²) in [7, 11) is 0. The Balaban J connectivity index is 2.39. The van der Waals surface area contributed by atoms with Crippen LogP contribution in [-0.2, 0) is 0 Å². The second-order valence-corrected chi connectivity index (χ2v) is 4.58. The van der Waals surface area contributed by atoms with Crippen LogP contribution in [-0.4, -0.2) is 5.78 Å². The summed E-state index contributed by atoms with van der Waals surface area (Å²) in [5.74, 6) is 6.24. The number of ketones is 1. The van der Waals surface area contributed by atoms with Gasteiger partial charge < -0.3 is 0 Å². The second kappa shape index (κ2) is 6.54. The molecule has 0 amide bonds. The van der Waals surface area contributed by atoms with Gasteiger partial charge >= 0.3 is 0 Å². The maximum Gasteiger partial charge on any atom is 0.167 e. The average Bonchev–Trinajstić information content (AvgIpc) is 2.47. The van der Waals surface area contributed by atoms with Crippen molar-refractivity contribution in [2.24, 2.45) is 0 Å². The fraction of sp³-hybridized carbons (Fsp3) is 0.105. The highest BCUT2D eigenvalue weighted by molar-refractivity contribution is 5.99. The van der Waals surface area contributed by atoms with E-state index in [0.717, 1.165) is 16.7 Å². The molecule has 20 heavy (non-hydrogen) atoms. The van der Waals surface area contributed by atoms with Crippen LogP contribution in [0.15, 0.2) is 61.2 Å². The van der Waals surface area contributed by atoms with Gasteiger partial charge in [-0.2, -0.15) is 0 Å². The van der Waals surface area contributed by atoms with Crippen LogP contribution in [0.1, 0.15) is 33.5 Å². The minimum absolute atomic E-state index is 0.0565. The summed E-state index contributed by atoms with van der Waals surface area (Å²) in [5, 5.41) is 0. The van der Waals surface area contributed by atoms with Crippen molar-refractivity contribution in [3.63, 3.8) is 0 Å². The number of carbonyl (C=O) groups excluding carboxylic acids is 1. The van der Waals surface area contributed by atoms with Crippen LogP contribution in [0.5, 0.6) is 0 Å². The van der Waals surface area contributed by atoms with Crippen LogP contribution in [0.25, 0.3) is 0 Å². The molecule has 0 fully saturated rings. The Bertz CT molecular complexity index is 685. The topological polar surface area (TPSA) is 17.1 Å². The number of hydrogen-bond acceptors (Lipinski definition) is 1. The molecule has 0 bridgehead atoms. The molecule has 0 spiro atoms. The van der Waals surface area contributed by atoms with Gasteiger partial charge in [-0.05, 0) is 31.2 Å². The predicted molar refractivity (Wildman–Crippen MR) is 82.7 cm³/mol. The highest BCUT2D eigenvalue weighted by atomic mass is 16.1. The molecule has 0 saturated carbocycles. The first-order valence-corrected chi connectivity index (χ1v) is 6.52. The molecular weight excluding hydrogens is 244 g/mol. The normalized spacial score (nSPS) is 9.45. The van der Waals surface area contributed by atoms with Crippen molar-refractivity contribution in [1.29, 1.82) is 0 Å². The van der Waals surface area contributed by atoms with Crippen LogP contribution in [0.4, 0.5) is 0 Å². The first-order valence-electron chi connectivity index (χ1n) is 6.52. The molecule has 0 atom stereocenters. The molecule has 98 valence electrons. The summed E-state index contributed by atoms with van der Waals surface area (Å²) in [6.07, 6.45) is 1.96. The Morgan fingerprint density at radius 3 is 2.60 bits per heavy atom. The van der Waals surface area contributed by atoms with Gasteiger partial charge in [0.25, 0.3) is 0 Å². The molecule has 2 aromatic rings. The Labute approximate surface area is 120 Å². The van der Waals surface area contributed by atoms with Gasteiger partial charge in [0.1, 0.15) is 0 Å². The largest absolute Gasteiger partial charge is 0.294 e. The molecule has 0 aliphatic carbocycles. The predicted octanol–water partition coefficient (Wildman–Crippen LogP) is 4.15. The molecular formula is C19H16O. The molecule has 2 aromatic carbocycles. The van der Waals surface area contributed by atoms with Gasteiger partial charge in [0.15, 0.2) is 5.78 Å². The zero-order valence-electron chi connectivity index (χ0n) is 11.5. The summed E-state index contributed by atoms with van der Waals surface area (Å²) < 4.78 is 0. The zero-order valence-corrected chi connectivity index (χ0v) is 11.5. The van der Waals surface area contributed by atoms with E-state index in [-0.39, 0.29) is 5.78 Å². The Morgan fingerprint density at radius 1 is 1.15 bits per heavy atom. The number of Topliss-reactive ketones (excluding diaryl/α,β-unsaturated/α-hetero) is 1. The summed E-state index contributed by atoms with van der Waals surface area (Å²) in [6, 6.07) is 15.5. The molecule has 0 N–H and O–H groups in total. The smallest absolute Gasteiger partial charge is 0.167 e. The molecule has 0 aromatic heterocycles. The molecule has 1 heteroatoms. The quantitative estimate of drug-likeness (QED) is 0.460. The molecule has 1 nitrogen and oxygen atoms in total. The van der Waals surface area contributed by atoms with Crippen LogP contribution in [0.3, 0.4) is 0 Å². The molecule has 0 aliphatic heterocycles. The van der Waals surface area contributed by atoms with Crippen LogP contribution in [0.2, 0.25) is 0 Å². The van der Waals surface area contributed by atoms with Crippen molar-refractivity contribution in [1.82, 2.24) is 0 Å².